The van der Waals surface area contributed by atoms with Crippen LogP contribution >= 0.6 is 0 Å². The van der Waals surface area contributed by atoms with Gasteiger partial charge in [-0.1, -0.05) is 6.08 Å². The first kappa shape index (κ1) is 10.6. The quantitative estimate of drug-likeness (QED) is 0.743. The van der Waals surface area contributed by atoms with E-state index >= 15 is 0 Å². The van der Waals surface area contributed by atoms with Crippen molar-refractivity contribution in [3.63, 3.8) is 0 Å². The molecule has 0 heterocycles. The number of nitrogens with two attached hydrogens (primary N) is 1. The average Bonchev–Trinajstić information content (AvgIpc) is 2.27. The van der Waals surface area contributed by atoms with Gasteiger partial charge in [0.2, 0.25) is 0 Å². The van der Waals surface area contributed by atoms with Gasteiger partial charge in [-0.05, 0) is 12.1 Å². The van der Waals surface area contributed by atoms with Gasteiger partial charge in [0.1, 0.15) is 11.5 Å². The fraction of sp³-hybridized carbons (Fsp3) is 0.273. The summed E-state index contributed by atoms with van der Waals surface area (Å²) < 4.78 is 10.3. The van der Waals surface area contributed by atoms with Crippen LogP contribution in [0.15, 0.2) is 30.9 Å². The molecular weight excluding hydrogens is 178 g/mol. The number of hydrogen-bond acceptors (Lipinski definition) is 3. The molecule has 0 aliphatic heterocycles. The maximum absolute atomic E-state index is 5.82. The molecular formula is C11H15NO2. The highest BCUT2D eigenvalue weighted by Crippen LogP contribution is 2.28. The molecule has 1 unspecified atom stereocenters. The van der Waals surface area contributed by atoms with Crippen molar-refractivity contribution in [1.29, 1.82) is 0 Å². The maximum atomic E-state index is 5.82. The van der Waals surface area contributed by atoms with Crippen molar-refractivity contribution in [3.8, 4) is 11.5 Å². The number of benzene rings is 1. The standard InChI is InChI=1S/C11H15NO2/c1-4-10(12)9-6-5-8(13-2)7-11(9)14-3/h4-7,10H,1,12H2,2-3H3. The molecule has 3 nitrogen and oxygen atoms in total. The van der Waals surface area contributed by atoms with Gasteiger partial charge in [0, 0.05) is 11.6 Å². The van der Waals surface area contributed by atoms with Gasteiger partial charge in [-0.2, -0.15) is 0 Å². The summed E-state index contributed by atoms with van der Waals surface area (Å²) in [5, 5.41) is 0. The molecule has 0 spiro atoms. The molecule has 0 radical (unpaired) electrons. The Labute approximate surface area is 84.1 Å². The zero-order valence-electron chi connectivity index (χ0n) is 8.49. The molecule has 1 aromatic rings. The topological polar surface area (TPSA) is 44.5 Å². The van der Waals surface area contributed by atoms with Gasteiger partial charge >= 0.3 is 0 Å². The van der Waals surface area contributed by atoms with E-state index in [9.17, 15) is 0 Å². The van der Waals surface area contributed by atoms with Crippen LogP contribution in [0.4, 0.5) is 0 Å². The average molecular weight is 193 g/mol. The number of rotatable bonds is 4. The van der Waals surface area contributed by atoms with Crippen molar-refractivity contribution in [2.75, 3.05) is 14.2 Å². The van der Waals surface area contributed by atoms with Gasteiger partial charge in [-0.15, -0.1) is 6.58 Å². The second kappa shape index (κ2) is 4.67. The van der Waals surface area contributed by atoms with Crippen molar-refractivity contribution in [2.24, 2.45) is 5.73 Å². The molecule has 0 aliphatic carbocycles. The summed E-state index contributed by atoms with van der Waals surface area (Å²) in [6, 6.07) is 5.32. The van der Waals surface area contributed by atoms with Crippen LogP contribution in [-0.4, -0.2) is 14.2 Å². The highest BCUT2D eigenvalue weighted by molar-refractivity contribution is 5.43. The Morgan fingerprint density at radius 2 is 2.07 bits per heavy atom. The lowest BCUT2D eigenvalue weighted by atomic mass is 10.1. The molecule has 0 fully saturated rings. The van der Waals surface area contributed by atoms with E-state index in [0.29, 0.717) is 0 Å². The van der Waals surface area contributed by atoms with Crippen LogP contribution in [0, 0.1) is 0 Å². The predicted molar refractivity (Wildman–Crippen MR) is 56.7 cm³/mol. The second-order valence-corrected chi connectivity index (χ2v) is 2.87. The molecule has 0 saturated heterocycles. The molecule has 14 heavy (non-hydrogen) atoms. The predicted octanol–water partition coefficient (Wildman–Crippen LogP) is 1.89. The van der Waals surface area contributed by atoms with Crippen LogP contribution in [-0.2, 0) is 0 Å². The van der Waals surface area contributed by atoms with Crippen molar-refractivity contribution in [2.45, 2.75) is 6.04 Å². The lowest BCUT2D eigenvalue weighted by Crippen LogP contribution is -2.08. The zero-order chi connectivity index (χ0) is 10.6. The summed E-state index contributed by atoms with van der Waals surface area (Å²) in [5.41, 5.74) is 6.73. The molecule has 0 saturated carbocycles. The van der Waals surface area contributed by atoms with Crippen LogP contribution in [0.3, 0.4) is 0 Å². The largest absolute Gasteiger partial charge is 0.497 e. The lowest BCUT2D eigenvalue weighted by molar-refractivity contribution is 0.390. The Morgan fingerprint density at radius 3 is 2.57 bits per heavy atom. The molecule has 0 bridgehead atoms. The molecule has 1 atom stereocenters. The van der Waals surface area contributed by atoms with Crippen LogP contribution in [0.25, 0.3) is 0 Å². The van der Waals surface area contributed by atoms with Gasteiger partial charge < -0.3 is 15.2 Å². The highest BCUT2D eigenvalue weighted by Gasteiger charge is 2.09. The Bertz CT molecular complexity index is 323. The summed E-state index contributed by atoms with van der Waals surface area (Å²) >= 11 is 0. The van der Waals surface area contributed by atoms with Crippen molar-refractivity contribution in [3.05, 3.63) is 36.4 Å². The minimum absolute atomic E-state index is 0.212. The molecule has 0 aromatic heterocycles. The minimum Gasteiger partial charge on any atom is -0.497 e. The Morgan fingerprint density at radius 1 is 1.36 bits per heavy atom. The zero-order valence-corrected chi connectivity index (χ0v) is 8.49. The molecule has 1 rings (SSSR count). The summed E-state index contributed by atoms with van der Waals surface area (Å²) in [7, 11) is 3.22. The Balaban J connectivity index is 3.10. The van der Waals surface area contributed by atoms with Crippen molar-refractivity contribution in [1.82, 2.24) is 0 Å². The third-order valence-electron chi connectivity index (χ3n) is 2.05. The molecule has 0 amide bonds. The van der Waals surface area contributed by atoms with E-state index in [0.717, 1.165) is 17.1 Å². The van der Waals surface area contributed by atoms with Crippen LogP contribution in [0.1, 0.15) is 11.6 Å². The SMILES string of the molecule is C=CC(N)c1ccc(OC)cc1OC. The third kappa shape index (κ3) is 2.06. The van der Waals surface area contributed by atoms with E-state index in [1.807, 2.05) is 12.1 Å². The summed E-state index contributed by atoms with van der Waals surface area (Å²) in [5.74, 6) is 1.47. The second-order valence-electron chi connectivity index (χ2n) is 2.87. The third-order valence-corrected chi connectivity index (χ3v) is 2.05. The van der Waals surface area contributed by atoms with Gasteiger partial charge in [-0.25, -0.2) is 0 Å². The Hall–Kier alpha value is -1.48. The smallest absolute Gasteiger partial charge is 0.127 e. The molecule has 0 aliphatic rings. The van der Waals surface area contributed by atoms with Crippen molar-refractivity contribution >= 4 is 0 Å². The van der Waals surface area contributed by atoms with E-state index < -0.39 is 0 Å². The molecule has 76 valence electrons. The number of methoxy groups -OCH3 is 2. The number of hydrogen-bond donors (Lipinski definition) is 1. The number of ether oxygens (including phenoxy) is 2. The van der Waals surface area contributed by atoms with E-state index in [1.165, 1.54) is 0 Å². The molecule has 2 N–H and O–H groups in total. The van der Waals surface area contributed by atoms with E-state index in [4.69, 9.17) is 15.2 Å². The summed E-state index contributed by atoms with van der Waals surface area (Å²) in [4.78, 5) is 0. The maximum Gasteiger partial charge on any atom is 0.127 e. The lowest BCUT2D eigenvalue weighted by Gasteiger charge is -2.13. The molecule has 3 heteroatoms. The fourth-order valence-electron chi connectivity index (χ4n) is 1.22. The van der Waals surface area contributed by atoms with Crippen LogP contribution in [0.5, 0.6) is 11.5 Å². The van der Waals surface area contributed by atoms with Gasteiger partial charge in [0.15, 0.2) is 0 Å². The van der Waals surface area contributed by atoms with E-state index in [-0.39, 0.29) is 6.04 Å². The van der Waals surface area contributed by atoms with Gasteiger partial charge in [0.25, 0.3) is 0 Å². The minimum atomic E-state index is -0.212. The Kier molecular flexibility index (Phi) is 3.54. The first-order valence-electron chi connectivity index (χ1n) is 4.33. The first-order chi connectivity index (χ1) is 6.72. The first-order valence-corrected chi connectivity index (χ1v) is 4.33. The highest BCUT2D eigenvalue weighted by atomic mass is 16.5. The van der Waals surface area contributed by atoms with Gasteiger partial charge in [-0.3, -0.25) is 0 Å². The van der Waals surface area contributed by atoms with E-state index in [1.54, 1.807) is 26.4 Å². The summed E-state index contributed by atoms with van der Waals surface area (Å²) in [6.07, 6.45) is 1.67. The normalized spacial score (nSPS) is 11.9. The van der Waals surface area contributed by atoms with Crippen LogP contribution < -0.4 is 15.2 Å². The van der Waals surface area contributed by atoms with Gasteiger partial charge in [0.05, 0.1) is 20.3 Å². The molecule has 1 aromatic carbocycles. The van der Waals surface area contributed by atoms with E-state index in [2.05, 4.69) is 6.58 Å². The van der Waals surface area contributed by atoms with Crippen molar-refractivity contribution < 1.29 is 9.47 Å². The monoisotopic (exact) mass is 193 g/mol. The fourth-order valence-corrected chi connectivity index (χ4v) is 1.22. The van der Waals surface area contributed by atoms with Crippen LogP contribution in [0.2, 0.25) is 0 Å². The summed E-state index contributed by atoms with van der Waals surface area (Å²) in [6.45, 7) is 3.64.